The number of nitro benzene ring substituents is 2. The third-order valence-electron chi connectivity index (χ3n) is 2.51. The molecule has 0 fully saturated rings. The average Bonchev–Trinajstić information content (AvgIpc) is 2.47. The Bertz CT molecular complexity index is 685. The van der Waals surface area contributed by atoms with E-state index in [1.54, 1.807) is 12.1 Å². The Labute approximate surface area is 117 Å². The highest BCUT2D eigenvalue weighted by atomic mass is 16.6. The van der Waals surface area contributed by atoms with Gasteiger partial charge in [0.15, 0.2) is 0 Å². The molecule has 1 aromatic carbocycles. The van der Waals surface area contributed by atoms with Gasteiger partial charge in [-0.3, -0.25) is 30.0 Å². The van der Waals surface area contributed by atoms with Gasteiger partial charge in [-0.25, -0.2) is 0 Å². The van der Waals surface area contributed by atoms with E-state index in [0.717, 1.165) is 18.2 Å². The molecule has 0 radical (unpaired) electrons. The molecule has 0 aliphatic heterocycles. The number of non-ortho nitro benzene ring substituents is 2. The monoisotopic (exact) mass is 288 g/mol. The number of hydrogen-bond acceptors (Lipinski definition) is 6. The van der Waals surface area contributed by atoms with Crippen LogP contribution in [0.5, 0.6) is 0 Å². The van der Waals surface area contributed by atoms with Crippen LogP contribution in [0.15, 0.2) is 42.7 Å². The number of nitrogens with one attached hydrogen (secondary N) is 1. The number of carbonyl (C=O) groups excluding carboxylic acids is 1. The number of rotatable bonds is 4. The summed E-state index contributed by atoms with van der Waals surface area (Å²) >= 11 is 0. The van der Waals surface area contributed by atoms with E-state index in [2.05, 4.69) is 10.3 Å². The van der Waals surface area contributed by atoms with Crippen LogP contribution in [0, 0.1) is 20.2 Å². The van der Waals surface area contributed by atoms with Gasteiger partial charge in [0.25, 0.3) is 17.3 Å². The average molecular weight is 288 g/mol. The fraction of sp³-hybridized carbons (Fsp3) is 0. The lowest BCUT2D eigenvalue weighted by molar-refractivity contribution is -0.394. The van der Waals surface area contributed by atoms with Crippen molar-refractivity contribution < 1.29 is 14.6 Å². The molecule has 0 aliphatic rings. The van der Waals surface area contributed by atoms with E-state index in [0.29, 0.717) is 5.69 Å². The van der Waals surface area contributed by atoms with Crippen LogP contribution in [0.3, 0.4) is 0 Å². The molecular weight excluding hydrogens is 280 g/mol. The fourth-order valence-corrected chi connectivity index (χ4v) is 1.58. The van der Waals surface area contributed by atoms with Crippen molar-refractivity contribution in [2.75, 3.05) is 5.32 Å². The van der Waals surface area contributed by atoms with Crippen molar-refractivity contribution in [3.05, 3.63) is 68.5 Å². The minimum atomic E-state index is -0.798. The summed E-state index contributed by atoms with van der Waals surface area (Å²) in [5.74, 6) is -0.699. The van der Waals surface area contributed by atoms with Crippen LogP contribution in [-0.2, 0) is 0 Å². The van der Waals surface area contributed by atoms with E-state index in [-0.39, 0.29) is 5.56 Å². The van der Waals surface area contributed by atoms with Gasteiger partial charge in [-0.1, -0.05) is 0 Å². The number of nitrogens with zero attached hydrogens (tertiary/aromatic N) is 3. The molecule has 21 heavy (non-hydrogen) atoms. The minimum absolute atomic E-state index is 0.181. The third kappa shape index (κ3) is 3.35. The minimum Gasteiger partial charge on any atom is -0.321 e. The first-order valence-electron chi connectivity index (χ1n) is 5.62. The molecule has 1 amide bonds. The molecule has 0 aliphatic carbocycles. The molecule has 1 aromatic heterocycles. The van der Waals surface area contributed by atoms with E-state index < -0.39 is 27.1 Å². The quantitative estimate of drug-likeness (QED) is 0.677. The first kappa shape index (κ1) is 14.1. The molecule has 0 unspecified atom stereocenters. The Kier molecular flexibility index (Phi) is 3.84. The van der Waals surface area contributed by atoms with Gasteiger partial charge < -0.3 is 5.32 Å². The number of pyridine rings is 1. The molecule has 1 heterocycles. The highest BCUT2D eigenvalue weighted by Crippen LogP contribution is 2.23. The van der Waals surface area contributed by atoms with Crippen LogP contribution in [0.25, 0.3) is 0 Å². The smallest absolute Gasteiger partial charge is 0.277 e. The van der Waals surface area contributed by atoms with Gasteiger partial charge in [-0.15, -0.1) is 0 Å². The molecule has 0 spiro atoms. The SMILES string of the molecule is O=C(Nc1cccnc1)c1cc([N+](=O)[O-])cc([N+](=O)[O-])c1. The number of benzene rings is 1. The zero-order chi connectivity index (χ0) is 15.4. The molecule has 0 saturated carbocycles. The van der Waals surface area contributed by atoms with Crippen molar-refractivity contribution in [3.8, 4) is 0 Å². The maximum atomic E-state index is 12.0. The number of hydrogen-bond donors (Lipinski definition) is 1. The number of nitro groups is 2. The summed E-state index contributed by atoms with van der Waals surface area (Å²) in [5, 5.41) is 23.9. The topological polar surface area (TPSA) is 128 Å². The second-order valence-corrected chi connectivity index (χ2v) is 3.95. The molecule has 9 heteroatoms. The standard InChI is InChI=1S/C12H8N4O5/c17-12(14-9-2-1-3-13-7-9)8-4-10(15(18)19)6-11(5-8)16(20)21/h1-7H,(H,14,17). The summed E-state index contributed by atoms with van der Waals surface area (Å²) in [6, 6.07) is 5.89. The lowest BCUT2D eigenvalue weighted by Crippen LogP contribution is -2.12. The van der Waals surface area contributed by atoms with Gasteiger partial charge in [0.2, 0.25) is 0 Å². The van der Waals surface area contributed by atoms with Crippen molar-refractivity contribution in [3.63, 3.8) is 0 Å². The summed E-state index contributed by atoms with van der Waals surface area (Å²) in [6.07, 6.45) is 2.89. The first-order chi connectivity index (χ1) is 9.97. The largest absolute Gasteiger partial charge is 0.321 e. The summed E-state index contributed by atoms with van der Waals surface area (Å²) in [4.78, 5) is 35.7. The van der Waals surface area contributed by atoms with Crippen molar-refractivity contribution in [2.45, 2.75) is 0 Å². The molecule has 2 aromatic rings. The summed E-state index contributed by atoms with van der Waals surface area (Å²) in [5.41, 5.74) is -0.863. The van der Waals surface area contributed by atoms with E-state index in [4.69, 9.17) is 0 Å². The number of anilines is 1. The van der Waals surface area contributed by atoms with Gasteiger partial charge in [-0.2, -0.15) is 0 Å². The number of aromatic nitrogens is 1. The van der Waals surface area contributed by atoms with Gasteiger partial charge in [0.05, 0.1) is 33.4 Å². The zero-order valence-electron chi connectivity index (χ0n) is 10.4. The molecule has 9 nitrogen and oxygen atoms in total. The van der Waals surface area contributed by atoms with Crippen LogP contribution in [0.1, 0.15) is 10.4 Å². The molecule has 0 saturated heterocycles. The third-order valence-corrected chi connectivity index (χ3v) is 2.51. The normalized spacial score (nSPS) is 9.90. The van der Waals surface area contributed by atoms with E-state index >= 15 is 0 Å². The first-order valence-corrected chi connectivity index (χ1v) is 5.62. The predicted octanol–water partition coefficient (Wildman–Crippen LogP) is 2.15. The molecule has 0 bridgehead atoms. The Morgan fingerprint density at radius 1 is 1.10 bits per heavy atom. The second kappa shape index (κ2) is 5.74. The van der Waals surface area contributed by atoms with E-state index in [9.17, 15) is 25.0 Å². The van der Waals surface area contributed by atoms with Crippen LogP contribution in [0.2, 0.25) is 0 Å². The maximum absolute atomic E-state index is 12.0. The Balaban J connectivity index is 2.36. The number of amides is 1. The van der Waals surface area contributed by atoms with E-state index in [1.165, 1.54) is 12.4 Å². The highest BCUT2D eigenvalue weighted by molar-refractivity contribution is 6.05. The second-order valence-electron chi connectivity index (χ2n) is 3.95. The van der Waals surface area contributed by atoms with Crippen molar-refractivity contribution in [2.24, 2.45) is 0 Å². The molecule has 106 valence electrons. The van der Waals surface area contributed by atoms with Gasteiger partial charge in [-0.05, 0) is 12.1 Å². The van der Waals surface area contributed by atoms with Crippen molar-refractivity contribution >= 4 is 23.0 Å². The van der Waals surface area contributed by atoms with Gasteiger partial charge in [0, 0.05) is 18.3 Å². The molecule has 2 rings (SSSR count). The lowest BCUT2D eigenvalue weighted by atomic mass is 10.1. The molecule has 0 atom stereocenters. The van der Waals surface area contributed by atoms with Crippen LogP contribution < -0.4 is 5.32 Å². The zero-order valence-corrected chi connectivity index (χ0v) is 10.4. The van der Waals surface area contributed by atoms with Gasteiger partial charge >= 0.3 is 0 Å². The van der Waals surface area contributed by atoms with Crippen molar-refractivity contribution in [1.29, 1.82) is 0 Å². The Hall–Kier alpha value is -3.36. The molecular formula is C12H8N4O5. The Morgan fingerprint density at radius 3 is 2.19 bits per heavy atom. The summed E-state index contributed by atoms with van der Waals surface area (Å²) in [7, 11) is 0. The van der Waals surface area contributed by atoms with Crippen LogP contribution in [-0.4, -0.2) is 20.7 Å². The summed E-state index contributed by atoms with van der Waals surface area (Å²) in [6.45, 7) is 0. The molecule has 1 N–H and O–H groups in total. The van der Waals surface area contributed by atoms with Crippen LogP contribution >= 0.6 is 0 Å². The summed E-state index contributed by atoms with van der Waals surface area (Å²) < 4.78 is 0. The fourth-order valence-electron chi connectivity index (χ4n) is 1.58. The highest BCUT2D eigenvalue weighted by Gasteiger charge is 2.19. The number of carbonyl (C=O) groups is 1. The van der Waals surface area contributed by atoms with E-state index in [1.807, 2.05) is 0 Å². The lowest BCUT2D eigenvalue weighted by Gasteiger charge is -2.04. The Morgan fingerprint density at radius 2 is 1.71 bits per heavy atom. The predicted molar refractivity (Wildman–Crippen MR) is 71.9 cm³/mol. The maximum Gasteiger partial charge on any atom is 0.277 e. The van der Waals surface area contributed by atoms with Crippen LogP contribution in [0.4, 0.5) is 17.1 Å². The van der Waals surface area contributed by atoms with Gasteiger partial charge in [0.1, 0.15) is 0 Å². The van der Waals surface area contributed by atoms with Crippen molar-refractivity contribution in [1.82, 2.24) is 4.98 Å².